The van der Waals surface area contributed by atoms with Gasteiger partial charge in [0.05, 0.1) is 40.4 Å². The van der Waals surface area contributed by atoms with Crippen LogP contribution in [0.4, 0.5) is 17.6 Å². The average Bonchev–Trinajstić information content (AvgIpc) is 3.30. The molecule has 4 rings (SSSR count). The third-order valence-corrected chi connectivity index (χ3v) is 8.47. The molecule has 8 nitrogen and oxygen atoms in total. The molecule has 0 aliphatic heterocycles. The van der Waals surface area contributed by atoms with E-state index in [2.05, 4.69) is 5.10 Å². The van der Waals surface area contributed by atoms with Gasteiger partial charge in [-0.2, -0.15) is 18.3 Å². The smallest absolute Gasteiger partial charge is 0.416 e. The van der Waals surface area contributed by atoms with Crippen LogP contribution in [0.2, 0.25) is 0 Å². The van der Waals surface area contributed by atoms with Crippen molar-refractivity contribution >= 4 is 26.8 Å². The molecular formula is C24H25F4N3O5S2. The Balaban J connectivity index is 0.000000241. The van der Waals surface area contributed by atoms with Crippen LogP contribution < -0.4 is 4.72 Å². The number of carboxylic acids is 1. The minimum Gasteiger partial charge on any atom is -0.481 e. The largest absolute Gasteiger partial charge is 0.481 e. The lowest BCUT2D eigenvalue weighted by atomic mass is 9.98. The molecule has 14 heteroatoms. The number of benzene rings is 2. The maximum Gasteiger partial charge on any atom is 0.416 e. The van der Waals surface area contributed by atoms with Crippen LogP contribution in [0.15, 0.2) is 63.3 Å². The minimum atomic E-state index is -4.82. The number of nitrogens with one attached hydrogen (secondary N) is 1. The van der Waals surface area contributed by atoms with Crippen LogP contribution in [-0.4, -0.2) is 40.5 Å². The molecule has 1 aromatic heterocycles. The van der Waals surface area contributed by atoms with E-state index in [0.717, 1.165) is 50.2 Å². The highest BCUT2D eigenvalue weighted by molar-refractivity contribution is 7.89. The van der Waals surface area contributed by atoms with E-state index in [0.29, 0.717) is 18.7 Å². The van der Waals surface area contributed by atoms with Gasteiger partial charge in [0, 0.05) is 15.5 Å². The number of halogens is 4. The molecule has 0 fully saturated rings. The molecule has 0 saturated carbocycles. The van der Waals surface area contributed by atoms with Crippen molar-refractivity contribution in [1.29, 1.82) is 0 Å². The van der Waals surface area contributed by atoms with E-state index >= 15 is 0 Å². The number of carboxylic acid groups (broad SMARTS) is 1. The summed E-state index contributed by atoms with van der Waals surface area (Å²) in [5.74, 6) is -1.36. The van der Waals surface area contributed by atoms with Crippen molar-refractivity contribution in [2.75, 3.05) is 7.05 Å². The number of carbonyl (C=O) groups is 1. The maximum atomic E-state index is 13.0. The predicted octanol–water partition coefficient (Wildman–Crippen LogP) is 4.16. The number of rotatable bonds is 7. The number of hydrogen-bond donors (Lipinski definition) is 2. The highest BCUT2D eigenvalue weighted by Crippen LogP contribution is 2.33. The Labute approximate surface area is 219 Å². The summed E-state index contributed by atoms with van der Waals surface area (Å²) in [7, 11) is -5.23. The molecule has 38 heavy (non-hydrogen) atoms. The van der Waals surface area contributed by atoms with Gasteiger partial charge in [0.2, 0.25) is 10.0 Å². The van der Waals surface area contributed by atoms with E-state index in [1.165, 1.54) is 24.1 Å². The van der Waals surface area contributed by atoms with E-state index in [4.69, 9.17) is 5.11 Å². The molecule has 1 aliphatic rings. The lowest BCUT2D eigenvalue weighted by Crippen LogP contribution is -2.20. The SMILES string of the molecule is CNS(=O)(=O)c1cc(S(=O)c2ccc(F)cc2)cc(C(F)(F)F)c1.O=C(O)CCn1ncc2c1CCCC2. The third kappa shape index (κ3) is 7.48. The fourth-order valence-corrected chi connectivity index (χ4v) is 5.76. The number of sulfonamides is 1. The van der Waals surface area contributed by atoms with E-state index in [-0.39, 0.29) is 16.2 Å². The highest BCUT2D eigenvalue weighted by Gasteiger charge is 2.33. The summed E-state index contributed by atoms with van der Waals surface area (Å²) < 4.78 is 91.7. The van der Waals surface area contributed by atoms with Crippen molar-refractivity contribution in [1.82, 2.24) is 14.5 Å². The molecule has 206 valence electrons. The van der Waals surface area contributed by atoms with Gasteiger partial charge in [-0.15, -0.1) is 0 Å². The summed E-state index contributed by atoms with van der Waals surface area (Å²) in [6.45, 7) is 0.505. The Morgan fingerprint density at radius 3 is 2.37 bits per heavy atom. The molecule has 2 N–H and O–H groups in total. The van der Waals surface area contributed by atoms with Crippen molar-refractivity contribution in [2.24, 2.45) is 0 Å². The fourth-order valence-electron chi connectivity index (χ4n) is 3.76. The summed E-state index contributed by atoms with van der Waals surface area (Å²) in [5.41, 5.74) is 1.31. The van der Waals surface area contributed by atoms with Crippen molar-refractivity contribution in [3.63, 3.8) is 0 Å². The standard InChI is InChI=1S/C14H11F4NO3S2.C10H14N2O2/c1-19-24(21,22)13-7-9(14(16,17)18)6-12(8-13)23(20)11-4-2-10(15)3-5-11;13-10(14)5-6-12-9-4-2-1-3-8(9)7-11-12/h2-8,19H,1H3;7H,1-6H2,(H,13,14). The predicted molar refractivity (Wildman–Crippen MR) is 130 cm³/mol. The van der Waals surface area contributed by atoms with Crippen LogP contribution in [-0.2, 0) is 51.2 Å². The molecule has 3 aromatic rings. The van der Waals surface area contributed by atoms with Crippen LogP contribution in [0.5, 0.6) is 0 Å². The Morgan fingerprint density at radius 1 is 1.11 bits per heavy atom. The monoisotopic (exact) mass is 575 g/mol. The summed E-state index contributed by atoms with van der Waals surface area (Å²) in [4.78, 5) is 9.45. The first-order valence-electron chi connectivity index (χ1n) is 11.4. The van der Waals surface area contributed by atoms with Crippen LogP contribution in [0.3, 0.4) is 0 Å². The van der Waals surface area contributed by atoms with Crippen molar-refractivity contribution in [3.8, 4) is 0 Å². The Hall–Kier alpha value is -3.10. The van der Waals surface area contributed by atoms with Crippen LogP contribution in [0.25, 0.3) is 0 Å². The van der Waals surface area contributed by atoms with Crippen LogP contribution in [0, 0.1) is 5.82 Å². The Kier molecular flexibility index (Phi) is 9.44. The van der Waals surface area contributed by atoms with Crippen molar-refractivity contribution in [2.45, 2.75) is 59.5 Å². The quantitative estimate of drug-likeness (QED) is 0.409. The normalized spacial score (nSPS) is 14.2. The molecule has 0 bridgehead atoms. The minimum absolute atomic E-state index is 0.0449. The van der Waals surface area contributed by atoms with Gasteiger partial charge in [0.15, 0.2) is 0 Å². The summed E-state index contributed by atoms with van der Waals surface area (Å²) in [6.07, 6.45) is 1.81. The summed E-state index contributed by atoms with van der Waals surface area (Å²) >= 11 is 0. The number of aryl methyl sites for hydroxylation is 2. The second-order valence-corrected chi connectivity index (χ2v) is 11.7. The highest BCUT2D eigenvalue weighted by atomic mass is 32.2. The topological polar surface area (TPSA) is 118 Å². The number of hydrogen-bond acceptors (Lipinski definition) is 5. The van der Waals surface area contributed by atoms with Gasteiger partial charge in [-0.1, -0.05) is 0 Å². The van der Waals surface area contributed by atoms with Gasteiger partial charge in [0.1, 0.15) is 5.82 Å². The zero-order valence-corrected chi connectivity index (χ0v) is 21.8. The second kappa shape index (κ2) is 12.2. The average molecular weight is 576 g/mol. The first-order chi connectivity index (χ1) is 17.8. The molecule has 1 unspecified atom stereocenters. The summed E-state index contributed by atoms with van der Waals surface area (Å²) in [5, 5.41) is 12.8. The maximum absolute atomic E-state index is 13.0. The van der Waals surface area contributed by atoms with Gasteiger partial charge in [-0.05, 0) is 80.8 Å². The van der Waals surface area contributed by atoms with Gasteiger partial charge in [0.25, 0.3) is 0 Å². The molecule has 0 saturated heterocycles. The fraction of sp³-hybridized carbons (Fsp3) is 0.333. The molecule has 0 amide bonds. The van der Waals surface area contributed by atoms with Gasteiger partial charge < -0.3 is 5.11 Å². The Bertz CT molecular complexity index is 1420. The first kappa shape index (κ1) is 29.5. The molecule has 2 aromatic carbocycles. The Morgan fingerprint density at radius 2 is 1.76 bits per heavy atom. The molecule has 0 radical (unpaired) electrons. The number of aromatic nitrogens is 2. The van der Waals surface area contributed by atoms with E-state index in [9.17, 15) is 35.0 Å². The van der Waals surface area contributed by atoms with Crippen molar-refractivity contribution < 1.29 is 40.1 Å². The molecule has 1 heterocycles. The number of nitrogens with zero attached hydrogens (tertiary/aromatic N) is 2. The number of fused-ring (bicyclic) bond motifs is 1. The van der Waals surface area contributed by atoms with Gasteiger partial charge >= 0.3 is 12.1 Å². The van der Waals surface area contributed by atoms with Crippen molar-refractivity contribution in [3.05, 3.63) is 71.3 Å². The first-order valence-corrected chi connectivity index (χ1v) is 14.0. The molecule has 1 aliphatic carbocycles. The number of aliphatic carboxylic acids is 1. The number of alkyl halides is 3. The van der Waals surface area contributed by atoms with Gasteiger partial charge in [-0.25, -0.2) is 21.7 Å². The lowest BCUT2D eigenvalue weighted by molar-refractivity contribution is -0.138. The van der Waals surface area contributed by atoms with Gasteiger partial charge in [-0.3, -0.25) is 9.48 Å². The summed E-state index contributed by atoms with van der Waals surface area (Å²) in [6, 6.07) is 6.26. The second-order valence-electron chi connectivity index (χ2n) is 8.31. The van der Waals surface area contributed by atoms with E-state index in [1.807, 2.05) is 15.6 Å². The third-order valence-electron chi connectivity index (χ3n) is 5.71. The molecule has 0 spiro atoms. The molecule has 1 atom stereocenters. The van der Waals surface area contributed by atoms with Crippen LogP contribution in [0.1, 0.15) is 36.1 Å². The lowest BCUT2D eigenvalue weighted by Gasteiger charge is -2.13. The zero-order valence-electron chi connectivity index (χ0n) is 20.2. The van der Waals surface area contributed by atoms with E-state index < -0.39 is 49.2 Å². The van der Waals surface area contributed by atoms with E-state index in [1.54, 1.807) is 0 Å². The molecular weight excluding hydrogens is 550 g/mol. The zero-order chi connectivity index (χ0) is 28.1. The van der Waals surface area contributed by atoms with Crippen LogP contribution >= 0.6 is 0 Å².